The summed E-state index contributed by atoms with van der Waals surface area (Å²) in [5.74, 6) is 4.69. The van der Waals surface area contributed by atoms with Crippen LogP contribution in [-0.4, -0.2) is 41.2 Å². The van der Waals surface area contributed by atoms with Crippen molar-refractivity contribution >= 4 is 17.7 Å². The minimum Gasteiger partial charge on any atom is -0.490 e. The van der Waals surface area contributed by atoms with Crippen LogP contribution in [0.3, 0.4) is 0 Å². The molecule has 1 saturated carbocycles. The highest BCUT2D eigenvalue weighted by Gasteiger charge is 2.27. The van der Waals surface area contributed by atoms with Crippen LogP contribution in [0.25, 0.3) is 0 Å². The first-order chi connectivity index (χ1) is 14.8. The molecule has 0 radical (unpaired) electrons. The van der Waals surface area contributed by atoms with Crippen molar-refractivity contribution in [2.24, 2.45) is 11.8 Å². The molecule has 1 aromatic carbocycles. The second-order valence-electron chi connectivity index (χ2n) is 8.18. The Hall–Kier alpha value is -1.94. The van der Waals surface area contributed by atoms with Gasteiger partial charge in [0.25, 0.3) is 0 Å². The molecule has 31 heavy (non-hydrogen) atoms. The van der Waals surface area contributed by atoms with Crippen molar-refractivity contribution in [3.8, 4) is 18.1 Å². The van der Waals surface area contributed by atoms with Crippen LogP contribution < -0.4 is 10.1 Å². The van der Waals surface area contributed by atoms with Crippen molar-refractivity contribution in [3.05, 3.63) is 39.3 Å². The summed E-state index contributed by atoms with van der Waals surface area (Å²) in [6.07, 6.45) is 7.70. The fourth-order valence-electron chi connectivity index (χ4n) is 4.08. The topological polar surface area (TPSA) is 78.8 Å². The van der Waals surface area contributed by atoms with Gasteiger partial charge < -0.3 is 20.3 Å². The second-order valence-corrected chi connectivity index (χ2v) is 9.37. The van der Waals surface area contributed by atoms with E-state index in [0.717, 1.165) is 41.7 Å². The third kappa shape index (κ3) is 7.03. The number of aliphatic hydroxyl groups is 2. The fraction of sp³-hybridized carbons (Fsp3) is 0.560. The van der Waals surface area contributed by atoms with Gasteiger partial charge in [0.05, 0.1) is 12.4 Å². The van der Waals surface area contributed by atoms with Gasteiger partial charge in [-0.05, 0) is 66.2 Å². The van der Waals surface area contributed by atoms with Gasteiger partial charge in [-0.2, -0.15) is 0 Å². The number of hydrogen-bond acceptors (Lipinski definition) is 5. The number of rotatable bonds is 10. The second kappa shape index (κ2) is 12.2. The maximum atomic E-state index is 12.4. The van der Waals surface area contributed by atoms with Gasteiger partial charge >= 0.3 is 0 Å². The summed E-state index contributed by atoms with van der Waals surface area (Å²) in [6, 6.07) is 4.00. The number of carbonyl (C=O) groups excluding carboxylic acids is 1. The van der Waals surface area contributed by atoms with Gasteiger partial charge in [0.2, 0.25) is 5.91 Å². The Morgan fingerprint density at radius 1 is 1.42 bits per heavy atom. The SMILES string of the molecule is C#CC1CC[C@@H](C)/C1=C(\C)SCC(=O)NCc1cc(C)c(OC[C@@H](O)CO)c(CC)c1. The van der Waals surface area contributed by atoms with E-state index >= 15 is 0 Å². The molecule has 3 atom stereocenters. The van der Waals surface area contributed by atoms with Crippen LogP contribution in [0.15, 0.2) is 22.6 Å². The number of ether oxygens (including phenoxy) is 1. The highest BCUT2D eigenvalue weighted by molar-refractivity contribution is 8.03. The third-order valence-electron chi connectivity index (χ3n) is 5.73. The molecule has 3 N–H and O–H groups in total. The minimum atomic E-state index is -0.901. The Morgan fingerprint density at radius 2 is 2.16 bits per heavy atom. The molecule has 1 aliphatic rings. The molecule has 1 unspecified atom stereocenters. The molecule has 0 aromatic heterocycles. The van der Waals surface area contributed by atoms with E-state index in [1.807, 2.05) is 26.0 Å². The Balaban J connectivity index is 1.94. The molecule has 1 fully saturated rings. The summed E-state index contributed by atoms with van der Waals surface area (Å²) < 4.78 is 5.71. The van der Waals surface area contributed by atoms with E-state index in [1.54, 1.807) is 11.8 Å². The first-order valence-electron chi connectivity index (χ1n) is 10.9. The smallest absolute Gasteiger partial charge is 0.230 e. The normalized spacial score (nSPS) is 20.8. The third-order valence-corrected chi connectivity index (χ3v) is 6.81. The van der Waals surface area contributed by atoms with Gasteiger partial charge in [0.15, 0.2) is 0 Å². The maximum absolute atomic E-state index is 12.4. The Morgan fingerprint density at radius 3 is 2.81 bits per heavy atom. The predicted octanol–water partition coefficient (Wildman–Crippen LogP) is 3.59. The van der Waals surface area contributed by atoms with Crippen molar-refractivity contribution in [1.29, 1.82) is 0 Å². The summed E-state index contributed by atoms with van der Waals surface area (Å²) in [7, 11) is 0. The van der Waals surface area contributed by atoms with Crippen molar-refractivity contribution < 1.29 is 19.7 Å². The molecule has 2 rings (SSSR count). The van der Waals surface area contributed by atoms with Crippen LogP contribution in [-0.2, 0) is 17.8 Å². The lowest BCUT2D eigenvalue weighted by molar-refractivity contribution is -0.118. The number of amides is 1. The van der Waals surface area contributed by atoms with Crippen LogP contribution in [0.5, 0.6) is 5.75 Å². The average Bonchev–Trinajstić information content (AvgIpc) is 3.14. The van der Waals surface area contributed by atoms with Crippen molar-refractivity contribution in [2.75, 3.05) is 19.0 Å². The molecular formula is C25H35NO4S. The van der Waals surface area contributed by atoms with E-state index in [9.17, 15) is 9.90 Å². The van der Waals surface area contributed by atoms with Crippen LogP contribution in [0.2, 0.25) is 0 Å². The summed E-state index contributed by atoms with van der Waals surface area (Å²) >= 11 is 1.57. The Bertz CT molecular complexity index is 843. The lowest BCUT2D eigenvalue weighted by atomic mass is 9.98. The van der Waals surface area contributed by atoms with E-state index < -0.39 is 6.10 Å². The molecule has 5 nitrogen and oxygen atoms in total. The van der Waals surface area contributed by atoms with Gasteiger partial charge in [0.1, 0.15) is 18.5 Å². The van der Waals surface area contributed by atoms with Crippen LogP contribution in [0.4, 0.5) is 0 Å². The van der Waals surface area contributed by atoms with E-state index in [2.05, 4.69) is 25.1 Å². The monoisotopic (exact) mass is 445 g/mol. The number of benzene rings is 1. The number of thioether (sulfide) groups is 1. The maximum Gasteiger partial charge on any atom is 0.230 e. The molecule has 6 heteroatoms. The Labute approximate surface area is 190 Å². The zero-order chi connectivity index (χ0) is 23.0. The van der Waals surface area contributed by atoms with E-state index in [4.69, 9.17) is 16.3 Å². The van der Waals surface area contributed by atoms with Gasteiger partial charge in [-0.1, -0.05) is 31.9 Å². The van der Waals surface area contributed by atoms with E-state index in [1.165, 1.54) is 10.5 Å². The molecule has 1 aromatic rings. The number of hydrogen-bond donors (Lipinski definition) is 3. The number of aliphatic hydroxyl groups excluding tert-OH is 2. The molecule has 1 amide bonds. The lowest BCUT2D eigenvalue weighted by Crippen LogP contribution is -2.25. The summed E-state index contributed by atoms with van der Waals surface area (Å²) in [4.78, 5) is 13.6. The highest BCUT2D eigenvalue weighted by Crippen LogP contribution is 2.40. The van der Waals surface area contributed by atoms with Crippen LogP contribution in [0.1, 0.15) is 50.3 Å². The fourth-order valence-corrected chi connectivity index (χ4v) is 5.04. The molecule has 0 aliphatic heterocycles. The summed E-state index contributed by atoms with van der Waals surface area (Å²) in [5.41, 5.74) is 4.29. The summed E-state index contributed by atoms with van der Waals surface area (Å²) in [6.45, 7) is 8.43. The van der Waals surface area contributed by atoms with Crippen molar-refractivity contribution in [3.63, 3.8) is 0 Å². The minimum absolute atomic E-state index is 0.00467. The highest BCUT2D eigenvalue weighted by atomic mass is 32.2. The lowest BCUT2D eigenvalue weighted by Gasteiger charge is -2.17. The number of nitrogens with one attached hydrogen (secondary N) is 1. The van der Waals surface area contributed by atoms with Crippen molar-refractivity contribution in [2.45, 2.75) is 59.6 Å². The van der Waals surface area contributed by atoms with Crippen LogP contribution >= 0.6 is 11.8 Å². The standard InChI is InChI=1S/C25H35NO4S/c1-6-20-9-8-16(3)24(20)18(5)31-15-23(29)26-12-19-10-17(4)25(21(7-2)11-19)30-14-22(28)13-27/h1,10-11,16,20,22,27-28H,7-9,12-15H2,2-5H3,(H,26,29)/b24-18-/t16-,20?,22+/m1/s1. The largest absolute Gasteiger partial charge is 0.490 e. The van der Waals surface area contributed by atoms with Gasteiger partial charge in [0, 0.05) is 12.5 Å². The number of aryl methyl sites for hydroxylation is 2. The predicted molar refractivity (Wildman–Crippen MR) is 127 cm³/mol. The van der Waals surface area contributed by atoms with Crippen molar-refractivity contribution in [1.82, 2.24) is 5.32 Å². The molecule has 0 heterocycles. The zero-order valence-electron chi connectivity index (χ0n) is 19.0. The first-order valence-corrected chi connectivity index (χ1v) is 11.9. The first kappa shape index (κ1) is 25.3. The molecular weight excluding hydrogens is 410 g/mol. The molecule has 0 bridgehead atoms. The average molecular weight is 446 g/mol. The molecule has 170 valence electrons. The Kier molecular flexibility index (Phi) is 9.95. The van der Waals surface area contributed by atoms with Gasteiger partial charge in [-0.25, -0.2) is 0 Å². The number of allylic oxidation sites excluding steroid dienone is 2. The van der Waals surface area contributed by atoms with Gasteiger partial charge in [-0.15, -0.1) is 18.2 Å². The number of carbonyl (C=O) groups is 1. The zero-order valence-corrected chi connectivity index (χ0v) is 19.8. The van der Waals surface area contributed by atoms with E-state index in [-0.39, 0.29) is 25.0 Å². The van der Waals surface area contributed by atoms with Gasteiger partial charge in [-0.3, -0.25) is 4.79 Å². The molecule has 0 saturated heterocycles. The van der Waals surface area contributed by atoms with Crippen LogP contribution in [0, 0.1) is 31.1 Å². The van der Waals surface area contributed by atoms with E-state index in [0.29, 0.717) is 18.2 Å². The molecule has 0 spiro atoms. The summed E-state index contributed by atoms with van der Waals surface area (Å²) in [5, 5.41) is 21.5. The molecule has 1 aliphatic carbocycles. The number of terminal acetylenes is 1. The quantitative estimate of drug-likeness (QED) is 0.480.